The third kappa shape index (κ3) is 5.01. The van der Waals surface area contributed by atoms with Crippen LogP contribution in [0, 0.1) is 0 Å². The second kappa shape index (κ2) is 8.75. The highest BCUT2D eigenvalue weighted by molar-refractivity contribution is 7.18. The second-order valence-corrected chi connectivity index (χ2v) is 7.45. The highest BCUT2D eigenvalue weighted by Gasteiger charge is 2.18. The lowest BCUT2D eigenvalue weighted by Crippen LogP contribution is -2.30. The van der Waals surface area contributed by atoms with Crippen molar-refractivity contribution in [1.29, 1.82) is 0 Å². The second-order valence-electron chi connectivity index (χ2n) is 6.33. The normalized spacial score (nSPS) is 11.8. The summed E-state index contributed by atoms with van der Waals surface area (Å²) in [7, 11) is 0. The molecular weight excluding hydrogens is 376 g/mol. The number of aryl methyl sites for hydroxylation is 1. The van der Waals surface area contributed by atoms with Gasteiger partial charge in [0.05, 0.1) is 21.6 Å². The molecular formula is C21H20N2O4S. The number of carbonyl (C=O) groups excluding carboxylic acids is 3. The highest BCUT2D eigenvalue weighted by Crippen LogP contribution is 2.22. The molecule has 0 unspecified atom stereocenters. The van der Waals surface area contributed by atoms with Crippen LogP contribution >= 0.6 is 11.3 Å². The lowest BCUT2D eigenvalue weighted by atomic mass is 10.1. The Hall–Kier alpha value is -3.06. The summed E-state index contributed by atoms with van der Waals surface area (Å²) in [5.41, 5.74) is 2.01. The summed E-state index contributed by atoms with van der Waals surface area (Å²) in [4.78, 5) is 40.0. The maximum Gasteiger partial charge on any atom is 0.306 e. The number of thiazole rings is 1. The number of nitrogens with zero attached hydrogens (tertiary/aromatic N) is 1. The molecule has 6 nitrogen and oxygen atoms in total. The number of aromatic nitrogens is 1. The molecule has 7 heteroatoms. The number of hydrogen-bond acceptors (Lipinski definition) is 6. The van der Waals surface area contributed by atoms with E-state index < -0.39 is 18.0 Å². The van der Waals surface area contributed by atoms with Crippen molar-refractivity contribution < 1.29 is 19.1 Å². The minimum Gasteiger partial charge on any atom is -0.453 e. The average molecular weight is 396 g/mol. The van der Waals surface area contributed by atoms with Crippen molar-refractivity contribution in [2.45, 2.75) is 32.8 Å². The van der Waals surface area contributed by atoms with Crippen molar-refractivity contribution in [3.63, 3.8) is 0 Å². The van der Waals surface area contributed by atoms with E-state index in [2.05, 4.69) is 10.3 Å². The SMILES string of the molecule is CC(=O)c1ccc(NC(=O)[C@H](C)OC(=O)CCc2nc3ccccc3s2)cc1. The van der Waals surface area contributed by atoms with E-state index in [1.807, 2.05) is 24.3 Å². The average Bonchev–Trinajstić information content (AvgIpc) is 3.09. The number of nitrogens with one attached hydrogen (secondary N) is 1. The molecule has 0 aliphatic carbocycles. The van der Waals surface area contributed by atoms with Crippen LogP contribution in [0.5, 0.6) is 0 Å². The van der Waals surface area contributed by atoms with Gasteiger partial charge in [-0.25, -0.2) is 4.98 Å². The third-order valence-electron chi connectivity index (χ3n) is 4.12. The molecule has 0 fully saturated rings. The van der Waals surface area contributed by atoms with Gasteiger partial charge in [-0.3, -0.25) is 14.4 Å². The fraction of sp³-hybridized carbons (Fsp3) is 0.238. The van der Waals surface area contributed by atoms with Crippen LogP contribution in [0.1, 0.15) is 35.6 Å². The number of para-hydroxylation sites is 1. The minimum atomic E-state index is -0.921. The Labute approximate surface area is 166 Å². The number of hydrogen-bond donors (Lipinski definition) is 1. The molecule has 3 aromatic rings. The molecule has 0 spiro atoms. The molecule has 3 rings (SSSR count). The quantitative estimate of drug-likeness (QED) is 0.482. The van der Waals surface area contributed by atoms with Gasteiger partial charge in [0.2, 0.25) is 0 Å². The molecule has 0 aliphatic rings. The van der Waals surface area contributed by atoms with E-state index in [-0.39, 0.29) is 12.2 Å². The summed E-state index contributed by atoms with van der Waals surface area (Å²) >= 11 is 1.55. The van der Waals surface area contributed by atoms with Crippen molar-refractivity contribution >= 4 is 44.9 Å². The first kappa shape index (κ1) is 19.7. The molecule has 0 radical (unpaired) electrons. The van der Waals surface area contributed by atoms with E-state index in [4.69, 9.17) is 4.74 Å². The Morgan fingerprint density at radius 2 is 1.82 bits per heavy atom. The van der Waals surface area contributed by atoms with E-state index in [1.54, 1.807) is 35.6 Å². The predicted octanol–water partition coefficient (Wildman–Crippen LogP) is 4.00. The number of ketones is 1. The Kier molecular flexibility index (Phi) is 6.16. The first-order valence-electron chi connectivity index (χ1n) is 8.88. The fourth-order valence-corrected chi connectivity index (χ4v) is 3.54. The Balaban J connectivity index is 1.48. The van der Waals surface area contributed by atoms with Crippen LogP contribution in [-0.4, -0.2) is 28.7 Å². The third-order valence-corrected chi connectivity index (χ3v) is 5.21. The Morgan fingerprint density at radius 1 is 1.11 bits per heavy atom. The van der Waals surface area contributed by atoms with E-state index in [9.17, 15) is 14.4 Å². The van der Waals surface area contributed by atoms with Crippen LogP contribution in [-0.2, 0) is 20.7 Å². The van der Waals surface area contributed by atoms with Gasteiger partial charge in [-0.2, -0.15) is 0 Å². The highest BCUT2D eigenvalue weighted by atomic mass is 32.1. The van der Waals surface area contributed by atoms with E-state index in [0.717, 1.165) is 15.2 Å². The number of ether oxygens (including phenoxy) is 1. The number of esters is 1. The zero-order valence-corrected chi connectivity index (χ0v) is 16.4. The van der Waals surface area contributed by atoms with Gasteiger partial charge in [-0.1, -0.05) is 12.1 Å². The standard InChI is InChI=1S/C21H20N2O4S/c1-13(24)15-7-9-16(10-8-15)22-21(26)14(2)27-20(25)12-11-19-23-17-5-3-4-6-18(17)28-19/h3-10,14H,11-12H2,1-2H3,(H,22,26)/t14-/m0/s1. The number of anilines is 1. The van der Waals surface area contributed by atoms with Crippen LogP contribution in [0.2, 0.25) is 0 Å². The molecule has 1 amide bonds. The molecule has 1 heterocycles. The summed E-state index contributed by atoms with van der Waals surface area (Å²) in [6.45, 7) is 3.00. The summed E-state index contributed by atoms with van der Waals surface area (Å²) < 4.78 is 6.29. The van der Waals surface area contributed by atoms with Crippen LogP contribution in [0.15, 0.2) is 48.5 Å². The lowest BCUT2D eigenvalue weighted by molar-refractivity contribution is -0.153. The summed E-state index contributed by atoms with van der Waals surface area (Å²) in [6, 6.07) is 14.3. The number of rotatable bonds is 7. The van der Waals surface area contributed by atoms with E-state index in [0.29, 0.717) is 17.7 Å². The van der Waals surface area contributed by atoms with Gasteiger partial charge in [0.15, 0.2) is 11.9 Å². The first-order valence-corrected chi connectivity index (χ1v) is 9.70. The van der Waals surface area contributed by atoms with Crippen molar-refractivity contribution in [2.24, 2.45) is 0 Å². The molecule has 0 saturated carbocycles. The molecule has 144 valence electrons. The smallest absolute Gasteiger partial charge is 0.306 e. The largest absolute Gasteiger partial charge is 0.453 e. The van der Waals surface area contributed by atoms with Gasteiger partial charge >= 0.3 is 5.97 Å². The maximum atomic E-state index is 12.2. The van der Waals surface area contributed by atoms with Crippen molar-refractivity contribution in [3.8, 4) is 0 Å². The summed E-state index contributed by atoms with van der Waals surface area (Å²) in [5, 5.41) is 3.53. The summed E-state index contributed by atoms with van der Waals surface area (Å²) in [5.74, 6) is -0.925. The molecule has 1 atom stereocenters. The van der Waals surface area contributed by atoms with Gasteiger partial charge in [-0.05, 0) is 50.2 Å². The number of carbonyl (C=O) groups is 3. The van der Waals surface area contributed by atoms with Crippen LogP contribution in [0.4, 0.5) is 5.69 Å². The molecule has 1 aromatic heterocycles. The predicted molar refractivity (Wildman–Crippen MR) is 109 cm³/mol. The zero-order chi connectivity index (χ0) is 20.1. The van der Waals surface area contributed by atoms with Gasteiger partial charge in [0, 0.05) is 17.7 Å². The molecule has 0 bridgehead atoms. The van der Waals surface area contributed by atoms with Gasteiger partial charge in [0.25, 0.3) is 5.91 Å². The van der Waals surface area contributed by atoms with E-state index >= 15 is 0 Å². The van der Waals surface area contributed by atoms with Gasteiger partial charge in [0.1, 0.15) is 0 Å². The van der Waals surface area contributed by atoms with Crippen LogP contribution < -0.4 is 5.32 Å². The van der Waals surface area contributed by atoms with Crippen LogP contribution in [0.3, 0.4) is 0 Å². The fourth-order valence-electron chi connectivity index (χ4n) is 2.58. The lowest BCUT2D eigenvalue weighted by Gasteiger charge is -2.13. The van der Waals surface area contributed by atoms with Crippen molar-refractivity contribution in [3.05, 3.63) is 59.1 Å². The zero-order valence-electron chi connectivity index (χ0n) is 15.6. The molecule has 2 aromatic carbocycles. The number of benzene rings is 2. The molecule has 0 saturated heterocycles. The van der Waals surface area contributed by atoms with Crippen molar-refractivity contribution in [2.75, 3.05) is 5.32 Å². The van der Waals surface area contributed by atoms with E-state index in [1.165, 1.54) is 13.8 Å². The monoisotopic (exact) mass is 396 g/mol. The number of fused-ring (bicyclic) bond motifs is 1. The van der Waals surface area contributed by atoms with Gasteiger partial charge in [-0.15, -0.1) is 11.3 Å². The minimum absolute atomic E-state index is 0.0479. The van der Waals surface area contributed by atoms with Crippen molar-refractivity contribution in [1.82, 2.24) is 4.98 Å². The Morgan fingerprint density at radius 3 is 2.50 bits per heavy atom. The Bertz CT molecular complexity index is 978. The van der Waals surface area contributed by atoms with Gasteiger partial charge < -0.3 is 10.1 Å². The topological polar surface area (TPSA) is 85.4 Å². The molecule has 0 aliphatic heterocycles. The molecule has 28 heavy (non-hydrogen) atoms. The number of Topliss-reactive ketones (excluding diaryl/α,β-unsaturated/α-hetero) is 1. The first-order chi connectivity index (χ1) is 13.4. The maximum absolute atomic E-state index is 12.2. The van der Waals surface area contributed by atoms with Crippen LogP contribution in [0.25, 0.3) is 10.2 Å². The number of amides is 1. The summed E-state index contributed by atoms with van der Waals surface area (Å²) in [6.07, 6.45) is -0.292. The molecule has 1 N–H and O–H groups in total.